The highest BCUT2D eigenvalue weighted by atomic mass is 16.2. The highest BCUT2D eigenvalue weighted by Gasteiger charge is 2.49. The van der Waals surface area contributed by atoms with Gasteiger partial charge in [-0.3, -0.25) is 9.59 Å². The number of amides is 2. The first-order valence-corrected chi connectivity index (χ1v) is 24.0. The number of benzene rings is 8. The summed E-state index contributed by atoms with van der Waals surface area (Å²) in [5.41, 5.74) is 14.4. The molecule has 0 N–H and O–H groups in total. The summed E-state index contributed by atoms with van der Waals surface area (Å²) in [6.45, 7) is 8.17. The number of aryl methyl sites for hydroxylation is 4. The molecule has 0 spiro atoms. The molecule has 0 unspecified atom stereocenters. The van der Waals surface area contributed by atoms with E-state index < -0.39 is 11.8 Å². The van der Waals surface area contributed by atoms with Gasteiger partial charge in [-0.15, -0.1) is 0 Å². The first kappa shape index (κ1) is 47.4. The van der Waals surface area contributed by atoms with E-state index in [1.807, 2.05) is 76.2 Å². The molecule has 2 amide bonds. The number of nitrogens with zero attached hydrogens (tertiary/aromatic N) is 8. The topological polar surface area (TPSA) is 142 Å². The van der Waals surface area contributed by atoms with E-state index >= 15 is 9.59 Å². The standard InChI is InChI=1S/C64H46N8O2/c1-41-5-21-53(22-6-41)71(54-23-7-42(2)8-24-54)57-29-17-47(18-30-57)61-59-60(64(74)69(61)39-45-13-15-49(35-65)51(33-45)37-67)62(70(63(59)73)40-46-14-16-50(36-66)52(34-46)38-68)48-19-31-58(32-20-48)72(55-25-9-43(3)10-26-55)56-27-11-44(4)12-28-56/h5-34H,39-40H2,1-4H3. The van der Waals surface area contributed by atoms with Crippen molar-refractivity contribution in [3.63, 3.8) is 0 Å². The van der Waals surface area contributed by atoms with E-state index in [0.29, 0.717) is 33.6 Å². The molecule has 2 aliphatic rings. The number of anilines is 6. The van der Waals surface area contributed by atoms with E-state index in [1.54, 1.807) is 46.2 Å². The zero-order valence-electron chi connectivity index (χ0n) is 41.1. The van der Waals surface area contributed by atoms with Gasteiger partial charge in [0.15, 0.2) is 0 Å². The second-order valence-electron chi connectivity index (χ2n) is 18.5. The maximum atomic E-state index is 15.6. The van der Waals surface area contributed by atoms with E-state index in [2.05, 4.69) is 131 Å². The van der Waals surface area contributed by atoms with Gasteiger partial charge >= 0.3 is 0 Å². The smallest absolute Gasteiger partial charge is 0.261 e. The predicted molar refractivity (Wildman–Crippen MR) is 288 cm³/mol. The van der Waals surface area contributed by atoms with Crippen LogP contribution in [0.15, 0.2) is 193 Å². The summed E-state index contributed by atoms with van der Waals surface area (Å²) in [5.74, 6) is -0.840. The number of carbonyl (C=O) groups is 2. The zero-order chi connectivity index (χ0) is 51.6. The molecule has 0 atom stereocenters. The molecular formula is C64H46N8O2. The normalized spacial score (nSPS) is 12.8. The summed E-state index contributed by atoms with van der Waals surface area (Å²) < 4.78 is 0. The van der Waals surface area contributed by atoms with E-state index in [0.717, 1.165) is 56.4 Å². The van der Waals surface area contributed by atoms with Crippen LogP contribution in [0.25, 0.3) is 11.4 Å². The molecule has 8 aromatic carbocycles. The fourth-order valence-corrected chi connectivity index (χ4v) is 9.63. The van der Waals surface area contributed by atoms with Crippen molar-refractivity contribution in [2.45, 2.75) is 40.8 Å². The molecule has 0 radical (unpaired) electrons. The van der Waals surface area contributed by atoms with Crippen LogP contribution in [0.3, 0.4) is 0 Å². The SMILES string of the molecule is Cc1ccc(N(c2ccc(C)cc2)c2ccc(C3=C4C(=O)N(Cc5ccc(C#N)c(C#N)c5)C(c5ccc(N(c6ccc(C)cc6)c6ccc(C)cc6)cc5)=C4C(=O)N3Cc3ccc(C#N)c(C#N)c3)cc2)cc1. The average molecular weight is 959 g/mol. The number of nitriles is 4. The minimum Gasteiger partial charge on any atom is -0.311 e. The second-order valence-corrected chi connectivity index (χ2v) is 18.5. The molecule has 0 bridgehead atoms. The van der Waals surface area contributed by atoms with Gasteiger partial charge in [-0.2, -0.15) is 21.0 Å². The number of fused-ring (bicyclic) bond motifs is 1. The van der Waals surface area contributed by atoms with Crippen LogP contribution in [0.5, 0.6) is 0 Å². The summed E-state index contributed by atoms with van der Waals surface area (Å²) in [6, 6.07) is 67.0. The van der Waals surface area contributed by atoms with Gasteiger partial charge in [-0.25, -0.2) is 0 Å². The van der Waals surface area contributed by atoms with E-state index in [1.165, 1.54) is 0 Å². The van der Waals surface area contributed by atoms with Crippen molar-refractivity contribution < 1.29 is 9.59 Å². The molecule has 0 saturated carbocycles. The van der Waals surface area contributed by atoms with Gasteiger partial charge in [0.05, 0.1) is 57.9 Å². The van der Waals surface area contributed by atoms with Crippen molar-refractivity contribution in [2.24, 2.45) is 0 Å². The molecule has 0 saturated heterocycles. The van der Waals surface area contributed by atoms with Gasteiger partial charge in [0.25, 0.3) is 11.8 Å². The molecule has 0 aromatic heterocycles. The third kappa shape index (κ3) is 8.93. The third-order valence-electron chi connectivity index (χ3n) is 13.5. The summed E-state index contributed by atoms with van der Waals surface area (Å²) in [7, 11) is 0. The second kappa shape index (κ2) is 19.9. The van der Waals surface area contributed by atoms with Crippen LogP contribution in [-0.2, 0) is 22.7 Å². The van der Waals surface area contributed by atoms with Gasteiger partial charge in [-0.1, -0.05) is 107 Å². The van der Waals surface area contributed by atoms with Crippen LogP contribution in [0.1, 0.15) is 66.8 Å². The van der Waals surface area contributed by atoms with Crippen LogP contribution >= 0.6 is 0 Å². The fraction of sp³-hybridized carbons (Fsp3) is 0.0938. The molecule has 10 rings (SSSR count). The quantitative estimate of drug-likeness (QED) is 0.118. The van der Waals surface area contributed by atoms with Crippen molar-refractivity contribution in [1.29, 1.82) is 21.0 Å². The Hall–Kier alpha value is -10.3. The van der Waals surface area contributed by atoms with E-state index in [-0.39, 0.29) is 46.5 Å². The largest absolute Gasteiger partial charge is 0.311 e. The number of hydrogen-bond donors (Lipinski definition) is 0. The lowest BCUT2D eigenvalue weighted by Gasteiger charge is -2.28. The van der Waals surface area contributed by atoms with Gasteiger partial charge in [0.1, 0.15) is 24.3 Å². The van der Waals surface area contributed by atoms with Crippen LogP contribution in [0, 0.1) is 73.0 Å². The van der Waals surface area contributed by atoms with Gasteiger partial charge < -0.3 is 19.6 Å². The van der Waals surface area contributed by atoms with Gasteiger partial charge in [0.2, 0.25) is 0 Å². The number of rotatable bonds is 12. The van der Waals surface area contributed by atoms with Crippen molar-refractivity contribution in [1.82, 2.24) is 9.80 Å². The Balaban J connectivity index is 1.16. The maximum absolute atomic E-state index is 15.6. The van der Waals surface area contributed by atoms with Crippen LogP contribution in [0.4, 0.5) is 34.1 Å². The molecule has 10 heteroatoms. The Morgan fingerprint density at radius 1 is 0.351 bits per heavy atom. The molecule has 0 fully saturated rings. The van der Waals surface area contributed by atoms with Crippen molar-refractivity contribution in [3.05, 3.63) is 260 Å². The Labute approximate surface area is 430 Å². The lowest BCUT2D eigenvalue weighted by atomic mass is 10.0. The Kier molecular flexibility index (Phi) is 12.7. The summed E-state index contributed by atoms with van der Waals surface area (Å²) >= 11 is 0. The number of hydrogen-bond acceptors (Lipinski definition) is 8. The number of carbonyl (C=O) groups excluding carboxylic acids is 2. The predicted octanol–water partition coefficient (Wildman–Crippen LogP) is 13.6. The Bertz CT molecular complexity index is 3430. The van der Waals surface area contributed by atoms with Crippen molar-refractivity contribution >= 4 is 57.3 Å². The fourth-order valence-electron chi connectivity index (χ4n) is 9.63. The average Bonchev–Trinajstić information content (AvgIpc) is 3.86. The van der Waals surface area contributed by atoms with Crippen molar-refractivity contribution in [3.8, 4) is 24.3 Å². The molecule has 10 nitrogen and oxygen atoms in total. The highest BCUT2D eigenvalue weighted by Crippen LogP contribution is 2.49. The summed E-state index contributed by atoms with van der Waals surface area (Å²) in [4.78, 5) is 38.7. The van der Waals surface area contributed by atoms with Crippen LogP contribution in [-0.4, -0.2) is 21.6 Å². The van der Waals surface area contributed by atoms with E-state index in [9.17, 15) is 21.0 Å². The van der Waals surface area contributed by atoms with Gasteiger partial charge in [-0.05, 0) is 147 Å². The molecule has 2 aliphatic heterocycles. The third-order valence-corrected chi connectivity index (χ3v) is 13.5. The first-order chi connectivity index (χ1) is 36.0. The molecular weight excluding hydrogens is 913 g/mol. The lowest BCUT2D eigenvalue weighted by molar-refractivity contribution is -0.124. The molecule has 2 heterocycles. The molecule has 8 aromatic rings. The summed E-state index contributed by atoms with van der Waals surface area (Å²) in [6.07, 6.45) is 0. The van der Waals surface area contributed by atoms with Gasteiger partial charge in [0, 0.05) is 34.1 Å². The monoisotopic (exact) mass is 958 g/mol. The minimum absolute atomic E-state index is 0.00905. The lowest BCUT2D eigenvalue weighted by Crippen LogP contribution is -2.29. The highest BCUT2D eigenvalue weighted by molar-refractivity contribution is 6.30. The zero-order valence-corrected chi connectivity index (χ0v) is 41.1. The first-order valence-electron chi connectivity index (χ1n) is 24.0. The molecule has 354 valence electrons. The molecule has 74 heavy (non-hydrogen) atoms. The van der Waals surface area contributed by atoms with E-state index in [4.69, 9.17) is 0 Å². The van der Waals surface area contributed by atoms with Crippen LogP contribution < -0.4 is 9.80 Å². The minimum atomic E-state index is -0.420. The maximum Gasteiger partial charge on any atom is 0.261 e. The molecule has 0 aliphatic carbocycles. The summed E-state index contributed by atoms with van der Waals surface area (Å²) in [5, 5.41) is 39.6. The Morgan fingerprint density at radius 3 is 0.865 bits per heavy atom. The van der Waals surface area contributed by atoms with Crippen molar-refractivity contribution in [2.75, 3.05) is 9.80 Å². The van der Waals surface area contributed by atoms with Crippen LogP contribution in [0.2, 0.25) is 0 Å². The Morgan fingerprint density at radius 2 is 0.608 bits per heavy atom.